The van der Waals surface area contributed by atoms with Crippen molar-refractivity contribution in [3.05, 3.63) is 71.2 Å². The molecule has 4 nitrogen and oxygen atoms in total. The summed E-state index contributed by atoms with van der Waals surface area (Å²) in [6, 6.07) is 15.5. The molecule has 0 fully saturated rings. The zero-order valence-corrected chi connectivity index (χ0v) is 14.7. The Bertz CT molecular complexity index is 912. The number of halogens is 1. The third-order valence-electron chi connectivity index (χ3n) is 4.98. The summed E-state index contributed by atoms with van der Waals surface area (Å²) >= 11 is 0. The molecule has 2 aromatic carbocycles. The molecule has 3 rings (SSSR count). The van der Waals surface area contributed by atoms with E-state index in [1.165, 1.54) is 6.07 Å². The van der Waals surface area contributed by atoms with Crippen molar-refractivity contribution < 1.29 is 9.18 Å². The molecule has 0 saturated heterocycles. The van der Waals surface area contributed by atoms with Gasteiger partial charge in [-0.3, -0.25) is 4.79 Å². The SMILES string of the molecule is CCC1=C(C#N)C(c2ccc(-c3ccccc3F)cc2)C(C(N)=O)N1C. The first kappa shape index (κ1) is 17.7. The van der Waals surface area contributed by atoms with Crippen LogP contribution in [0.25, 0.3) is 11.1 Å². The lowest BCUT2D eigenvalue weighted by Crippen LogP contribution is -2.42. The average molecular weight is 349 g/mol. The molecular formula is C21H20FN3O. The second-order valence-electron chi connectivity index (χ2n) is 6.36. The lowest BCUT2D eigenvalue weighted by molar-refractivity contribution is -0.122. The summed E-state index contributed by atoms with van der Waals surface area (Å²) < 4.78 is 14.0. The van der Waals surface area contributed by atoms with Crippen LogP contribution in [-0.2, 0) is 4.79 Å². The van der Waals surface area contributed by atoms with E-state index in [1.807, 2.05) is 31.2 Å². The van der Waals surface area contributed by atoms with E-state index in [1.54, 1.807) is 30.1 Å². The van der Waals surface area contributed by atoms with E-state index in [-0.39, 0.29) is 5.82 Å². The van der Waals surface area contributed by atoms with Gasteiger partial charge in [-0.05, 0) is 23.6 Å². The molecule has 2 aromatic rings. The van der Waals surface area contributed by atoms with Crippen LogP contribution in [-0.4, -0.2) is 23.9 Å². The molecule has 0 spiro atoms. The Morgan fingerprint density at radius 2 is 1.88 bits per heavy atom. The van der Waals surface area contributed by atoms with Gasteiger partial charge in [-0.1, -0.05) is 49.4 Å². The highest BCUT2D eigenvalue weighted by Gasteiger charge is 2.42. The van der Waals surface area contributed by atoms with Gasteiger partial charge in [-0.2, -0.15) is 5.26 Å². The summed E-state index contributed by atoms with van der Waals surface area (Å²) in [5.41, 5.74) is 9.10. The number of allylic oxidation sites excluding steroid dienone is 1. The van der Waals surface area contributed by atoms with Gasteiger partial charge < -0.3 is 10.6 Å². The molecule has 0 aromatic heterocycles. The summed E-state index contributed by atoms with van der Waals surface area (Å²) in [5.74, 6) is -1.17. The average Bonchev–Trinajstić information content (AvgIpc) is 2.94. The van der Waals surface area contributed by atoms with E-state index >= 15 is 0 Å². The number of primary amides is 1. The van der Waals surface area contributed by atoms with Crippen LogP contribution < -0.4 is 5.73 Å². The lowest BCUT2D eigenvalue weighted by atomic mass is 9.86. The second kappa shape index (κ2) is 7.01. The lowest BCUT2D eigenvalue weighted by Gasteiger charge is -2.26. The van der Waals surface area contributed by atoms with Gasteiger partial charge in [0.1, 0.15) is 11.9 Å². The third-order valence-corrected chi connectivity index (χ3v) is 4.98. The van der Waals surface area contributed by atoms with Crippen molar-refractivity contribution in [3.8, 4) is 17.2 Å². The highest BCUT2D eigenvalue weighted by molar-refractivity contribution is 5.84. The van der Waals surface area contributed by atoms with E-state index < -0.39 is 17.9 Å². The maximum Gasteiger partial charge on any atom is 0.241 e. The first-order chi connectivity index (χ1) is 12.5. The number of carbonyl (C=O) groups is 1. The number of likely N-dealkylation sites (N-methyl/N-ethyl adjacent to an activating group) is 1. The molecule has 2 atom stereocenters. The zero-order valence-electron chi connectivity index (χ0n) is 14.7. The molecule has 1 aliphatic rings. The van der Waals surface area contributed by atoms with Gasteiger partial charge in [0, 0.05) is 18.3 Å². The molecule has 0 radical (unpaired) electrons. The fourth-order valence-electron chi connectivity index (χ4n) is 3.76. The predicted molar refractivity (Wildman–Crippen MR) is 98.3 cm³/mol. The maximum atomic E-state index is 14.0. The molecule has 26 heavy (non-hydrogen) atoms. The predicted octanol–water partition coefficient (Wildman–Crippen LogP) is 3.56. The summed E-state index contributed by atoms with van der Waals surface area (Å²) in [6.45, 7) is 1.95. The van der Waals surface area contributed by atoms with E-state index in [9.17, 15) is 14.4 Å². The number of nitrogens with zero attached hydrogens (tertiary/aromatic N) is 2. The number of hydrogen-bond donors (Lipinski definition) is 1. The van der Waals surface area contributed by atoms with Crippen molar-refractivity contribution in [2.24, 2.45) is 5.73 Å². The van der Waals surface area contributed by atoms with Crippen molar-refractivity contribution >= 4 is 5.91 Å². The Morgan fingerprint density at radius 1 is 1.23 bits per heavy atom. The molecule has 0 saturated carbocycles. The topological polar surface area (TPSA) is 70.1 Å². The van der Waals surface area contributed by atoms with Gasteiger partial charge in [0.25, 0.3) is 0 Å². The summed E-state index contributed by atoms with van der Waals surface area (Å²) in [7, 11) is 1.79. The van der Waals surface area contributed by atoms with Crippen LogP contribution in [0.15, 0.2) is 59.8 Å². The highest BCUT2D eigenvalue weighted by atomic mass is 19.1. The fourth-order valence-corrected chi connectivity index (χ4v) is 3.76. The monoisotopic (exact) mass is 349 g/mol. The molecule has 1 amide bonds. The van der Waals surface area contributed by atoms with Crippen LogP contribution >= 0.6 is 0 Å². The van der Waals surface area contributed by atoms with Crippen LogP contribution in [0.2, 0.25) is 0 Å². The fraction of sp³-hybridized carbons (Fsp3) is 0.238. The van der Waals surface area contributed by atoms with Crippen LogP contribution in [0, 0.1) is 17.1 Å². The molecule has 5 heteroatoms. The van der Waals surface area contributed by atoms with Crippen LogP contribution in [0.5, 0.6) is 0 Å². The molecule has 1 heterocycles. The molecule has 0 bridgehead atoms. The molecule has 1 aliphatic heterocycles. The van der Waals surface area contributed by atoms with Gasteiger partial charge in [-0.25, -0.2) is 4.39 Å². The second-order valence-corrected chi connectivity index (χ2v) is 6.36. The summed E-state index contributed by atoms with van der Waals surface area (Å²) in [6.07, 6.45) is 0.646. The van der Waals surface area contributed by atoms with E-state index in [2.05, 4.69) is 6.07 Å². The van der Waals surface area contributed by atoms with Gasteiger partial charge in [0.15, 0.2) is 0 Å². The Morgan fingerprint density at radius 3 is 2.42 bits per heavy atom. The minimum atomic E-state index is -0.598. The van der Waals surface area contributed by atoms with Gasteiger partial charge in [-0.15, -0.1) is 0 Å². The Hall–Kier alpha value is -3.13. The largest absolute Gasteiger partial charge is 0.368 e. The zero-order chi connectivity index (χ0) is 18.8. The van der Waals surface area contributed by atoms with Crippen molar-refractivity contribution in [1.29, 1.82) is 5.26 Å². The van der Waals surface area contributed by atoms with Crippen LogP contribution in [0.3, 0.4) is 0 Å². The molecule has 2 unspecified atom stereocenters. The van der Waals surface area contributed by atoms with Gasteiger partial charge in [0.05, 0.1) is 17.6 Å². The molecule has 0 aliphatic carbocycles. The van der Waals surface area contributed by atoms with E-state index in [4.69, 9.17) is 5.73 Å². The smallest absolute Gasteiger partial charge is 0.241 e. The number of nitriles is 1. The normalized spacial score (nSPS) is 19.5. The quantitative estimate of drug-likeness (QED) is 0.917. The van der Waals surface area contributed by atoms with E-state index in [0.29, 0.717) is 17.6 Å². The number of hydrogen-bond acceptors (Lipinski definition) is 3. The Labute approximate surface area is 152 Å². The van der Waals surface area contributed by atoms with E-state index in [0.717, 1.165) is 16.8 Å². The number of carbonyl (C=O) groups excluding carboxylic acids is 1. The standard InChI is InChI=1S/C21H20FN3O/c1-3-18-16(12-23)19(20(21(24)26)25(18)2)14-10-8-13(9-11-14)15-6-4-5-7-17(15)22/h4-11,19-20H,3H2,1-2H3,(H2,24,26). The van der Waals surface area contributed by atoms with Gasteiger partial charge >= 0.3 is 0 Å². The van der Waals surface area contributed by atoms with Crippen molar-refractivity contribution in [2.75, 3.05) is 7.05 Å². The van der Waals surface area contributed by atoms with Crippen LogP contribution in [0.4, 0.5) is 4.39 Å². The van der Waals surface area contributed by atoms with Crippen molar-refractivity contribution in [3.63, 3.8) is 0 Å². The Balaban J connectivity index is 2.04. The first-order valence-electron chi connectivity index (χ1n) is 8.49. The van der Waals surface area contributed by atoms with Gasteiger partial charge in [0.2, 0.25) is 5.91 Å². The van der Waals surface area contributed by atoms with Crippen molar-refractivity contribution in [1.82, 2.24) is 4.90 Å². The number of amides is 1. The van der Waals surface area contributed by atoms with Crippen molar-refractivity contribution in [2.45, 2.75) is 25.3 Å². The highest BCUT2D eigenvalue weighted by Crippen LogP contribution is 2.41. The maximum absolute atomic E-state index is 14.0. The molecular weight excluding hydrogens is 329 g/mol. The minimum Gasteiger partial charge on any atom is -0.368 e. The van der Waals surface area contributed by atoms with Crippen LogP contribution in [0.1, 0.15) is 24.8 Å². The number of benzene rings is 2. The summed E-state index contributed by atoms with van der Waals surface area (Å²) in [5, 5.41) is 9.65. The minimum absolute atomic E-state index is 0.290. The third kappa shape index (κ3) is 2.84. The first-order valence-corrected chi connectivity index (χ1v) is 8.49. The number of rotatable bonds is 4. The molecule has 2 N–H and O–H groups in total. The molecule has 132 valence electrons. The summed E-state index contributed by atoms with van der Waals surface area (Å²) in [4.78, 5) is 13.8. The Kier molecular flexibility index (Phi) is 4.77. The number of nitrogens with two attached hydrogens (primary N) is 1.